The van der Waals surface area contributed by atoms with Crippen molar-refractivity contribution in [1.29, 1.82) is 0 Å². The molecule has 2 aromatic carbocycles. The van der Waals surface area contributed by atoms with Gasteiger partial charge in [-0.3, -0.25) is 4.79 Å². The third-order valence-corrected chi connectivity index (χ3v) is 3.61. The maximum absolute atomic E-state index is 11.3. The Morgan fingerprint density at radius 3 is 2.24 bits per heavy atom. The van der Waals surface area contributed by atoms with Gasteiger partial charge >= 0.3 is 0 Å². The van der Waals surface area contributed by atoms with Crippen LogP contribution >= 0.6 is 23.2 Å². The van der Waals surface area contributed by atoms with Crippen LogP contribution in [-0.2, 0) is 4.79 Å². The maximum Gasteiger partial charge on any atom is 0.221 e. The number of carbonyl (C=O) groups is 1. The Morgan fingerprint density at radius 1 is 0.952 bits per heavy atom. The van der Waals surface area contributed by atoms with Gasteiger partial charge in [0.05, 0.1) is 0 Å². The van der Waals surface area contributed by atoms with E-state index in [1.165, 1.54) is 6.92 Å². The number of carbonyl (C=O) groups excluding carboxylic acids is 1. The van der Waals surface area contributed by atoms with Gasteiger partial charge < -0.3 is 10.6 Å². The fourth-order valence-electron chi connectivity index (χ4n) is 2.00. The van der Waals surface area contributed by atoms with Crippen molar-refractivity contribution in [2.75, 3.05) is 10.6 Å². The predicted octanol–water partition coefficient (Wildman–Crippen LogP) is 5.31. The van der Waals surface area contributed by atoms with Gasteiger partial charge in [-0.25, -0.2) is 0 Å². The molecule has 0 aliphatic rings. The molecule has 21 heavy (non-hydrogen) atoms. The van der Waals surface area contributed by atoms with Crippen molar-refractivity contribution in [3.8, 4) is 0 Å². The number of aryl methyl sites for hydroxylation is 1. The predicted molar refractivity (Wildman–Crippen MR) is 90.0 cm³/mol. The number of hydrogen-bond donors (Lipinski definition) is 2. The van der Waals surface area contributed by atoms with E-state index in [-0.39, 0.29) is 5.91 Å². The second-order valence-corrected chi connectivity index (χ2v) is 5.76. The van der Waals surface area contributed by atoms with Crippen LogP contribution < -0.4 is 10.6 Å². The highest BCUT2D eigenvalue weighted by atomic mass is 35.5. The van der Waals surface area contributed by atoms with Crippen LogP contribution in [0.2, 0.25) is 10.0 Å². The van der Waals surface area contributed by atoms with E-state index in [1.807, 2.05) is 38.1 Å². The van der Waals surface area contributed by atoms with Crippen molar-refractivity contribution >= 4 is 46.2 Å². The Bertz CT molecular complexity index is 699. The molecular formula is C16H16Cl2N2O. The van der Waals surface area contributed by atoms with Crippen molar-refractivity contribution in [3.63, 3.8) is 0 Å². The Kier molecular flexibility index (Phi) is 4.76. The Hall–Kier alpha value is -1.71. The van der Waals surface area contributed by atoms with Crippen molar-refractivity contribution in [1.82, 2.24) is 0 Å². The summed E-state index contributed by atoms with van der Waals surface area (Å²) in [4.78, 5) is 11.3. The van der Waals surface area contributed by atoms with Crippen LogP contribution in [0.25, 0.3) is 0 Å². The standard InChI is InChI=1S/C16H16Cl2N2O/c1-9-4-5-12(17)6-14(9)20-16-8-13(18)7-15(10(16)2)19-11(3)21/h4-8,20H,1-3H3,(H,19,21). The van der Waals surface area contributed by atoms with Crippen molar-refractivity contribution in [2.24, 2.45) is 0 Å². The summed E-state index contributed by atoms with van der Waals surface area (Å²) in [6.45, 7) is 5.38. The van der Waals surface area contributed by atoms with E-state index in [4.69, 9.17) is 23.2 Å². The van der Waals surface area contributed by atoms with E-state index in [0.717, 1.165) is 22.5 Å². The fourth-order valence-corrected chi connectivity index (χ4v) is 2.39. The summed E-state index contributed by atoms with van der Waals surface area (Å²) in [5.74, 6) is -0.134. The van der Waals surface area contributed by atoms with Crippen molar-refractivity contribution in [2.45, 2.75) is 20.8 Å². The van der Waals surface area contributed by atoms with E-state index in [2.05, 4.69) is 10.6 Å². The number of anilines is 3. The molecule has 2 N–H and O–H groups in total. The summed E-state index contributed by atoms with van der Waals surface area (Å²) in [5.41, 5.74) is 4.41. The molecule has 110 valence electrons. The first-order valence-electron chi connectivity index (χ1n) is 6.47. The van der Waals surface area contributed by atoms with Gasteiger partial charge in [-0.15, -0.1) is 0 Å². The molecule has 3 nitrogen and oxygen atoms in total. The Labute approximate surface area is 134 Å². The van der Waals surface area contributed by atoms with E-state index >= 15 is 0 Å². The van der Waals surface area contributed by atoms with Crippen LogP contribution in [-0.4, -0.2) is 5.91 Å². The summed E-state index contributed by atoms with van der Waals surface area (Å²) >= 11 is 12.2. The first kappa shape index (κ1) is 15.7. The first-order valence-corrected chi connectivity index (χ1v) is 7.23. The third kappa shape index (κ3) is 3.90. The number of nitrogens with one attached hydrogen (secondary N) is 2. The molecule has 0 aliphatic heterocycles. The average molecular weight is 323 g/mol. The zero-order chi connectivity index (χ0) is 15.6. The zero-order valence-corrected chi connectivity index (χ0v) is 13.6. The number of hydrogen-bond acceptors (Lipinski definition) is 2. The highest BCUT2D eigenvalue weighted by molar-refractivity contribution is 6.31. The number of benzene rings is 2. The zero-order valence-electron chi connectivity index (χ0n) is 12.1. The van der Waals surface area contributed by atoms with Gasteiger partial charge in [-0.1, -0.05) is 29.3 Å². The van der Waals surface area contributed by atoms with Gasteiger partial charge in [0, 0.05) is 34.0 Å². The van der Waals surface area contributed by atoms with Gasteiger partial charge in [0.15, 0.2) is 0 Å². The van der Waals surface area contributed by atoms with Crippen molar-refractivity contribution < 1.29 is 4.79 Å². The molecule has 0 atom stereocenters. The molecule has 0 spiro atoms. The molecular weight excluding hydrogens is 307 g/mol. The molecule has 1 amide bonds. The minimum absolute atomic E-state index is 0.134. The van der Waals surface area contributed by atoms with Crippen LogP contribution in [0.4, 0.5) is 17.1 Å². The molecule has 0 saturated carbocycles. The quantitative estimate of drug-likeness (QED) is 0.803. The van der Waals surface area contributed by atoms with E-state index in [0.29, 0.717) is 15.7 Å². The molecule has 0 aliphatic carbocycles. The highest BCUT2D eigenvalue weighted by Crippen LogP contribution is 2.32. The summed E-state index contributed by atoms with van der Waals surface area (Å²) in [5, 5.41) is 7.30. The molecule has 0 heterocycles. The molecule has 0 aromatic heterocycles. The van der Waals surface area contributed by atoms with Crippen LogP contribution in [0.5, 0.6) is 0 Å². The monoisotopic (exact) mass is 322 g/mol. The molecule has 0 bridgehead atoms. The third-order valence-electron chi connectivity index (χ3n) is 3.15. The lowest BCUT2D eigenvalue weighted by atomic mass is 10.1. The Balaban J connectivity index is 2.42. The van der Waals surface area contributed by atoms with E-state index in [9.17, 15) is 4.79 Å². The smallest absolute Gasteiger partial charge is 0.221 e. The molecule has 2 rings (SSSR count). The molecule has 0 unspecified atom stereocenters. The lowest BCUT2D eigenvalue weighted by Gasteiger charge is -2.16. The fraction of sp³-hybridized carbons (Fsp3) is 0.188. The van der Waals surface area contributed by atoms with Gasteiger partial charge in [-0.05, 0) is 49.2 Å². The van der Waals surface area contributed by atoms with E-state index < -0.39 is 0 Å². The van der Waals surface area contributed by atoms with Crippen molar-refractivity contribution in [3.05, 3.63) is 51.5 Å². The summed E-state index contributed by atoms with van der Waals surface area (Å²) in [6, 6.07) is 9.20. The van der Waals surface area contributed by atoms with Crippen LogP contribution in [0.1, 0.15) is 18.1 Å². The number of amides is 1. The summed E-state index contributed by atoms with van der Waals surface area (Å²) in [6.07, 6.45) is 0. The lowest BCUT2D eigenvalue weighted by Crippen LogP contribution is -2.08. The maximum atomic E-state index is 11.3. The van der Waals surface area contributed by atoms with Crippen LogP contribution in [0, 0.1) is 13.8 Å². The highest BCUT2D eigenvalue weighted by Gasteiger charge is 2.09. The van der Waals surface area contributed by atoms with Gasteiger partial charge in [0.2, 0.25) is 5.91 Å². The summed E-state index contributed by atoms with van der Waals surface area (Å²) < 4.78 is 0. The molecule has 0 radical (unpaired) electrons. The van der Waals surface area contributed by atoms with Gasteiger partial charge in [-0.2, -0.15) is 0 Å². The Morgan fingerprint density at radius 2 is 1.57 bits per heavy atom. The normalized spacial score (nSPS) is 10.3. The molecule has 0 fully saturated rings. The lowest BCUT2D eigenvalue weighted by molar-refractivity contribution is -0.114. The number of halogens is 2. The van der Waals surface area contributed by atoms with E-state index in [1.54, 1.807) is 6.07 Å². The molecule has 5 heteroatoms. The van der Waals surface area contributed by atoms with Gasteiger partial charge in [0.25, 0.3) is 0 Å². The summed E-state index contributed by atoms with van der Waals surface area (Å²) in [7, 11) is 0. The van der Waals surface area contributed by atoms with Gasteiger partial charge in [0.1, 0.15) is 0 Å². The minimum atomic E-state index is -0.134. The second-order valence-electron chi connectivity index (χ2n) is 4.89. The largest absolute Gasteiger partial charge is 0.355 e. The number of rotatable bonds is 3. The van der Waals surface area contributed by atoms with Crippen LogP contribution in [0.15, 0.2) is 30.3 Å². The topological polar surface area (TPSA) is 41.1 Å². The molecule has 2 aromatic rings. The second kappa shape index (κ2) is 6.37. The molecule has 0 saturated heterocycles. The minimum Gasteiger partial charge on any atom is -0.355 e. The average Bonchev–Trinajstić information content (AvgIpc) is 2.38. The van der Waals surface area contributed by atoms with Crippen LogP contribution in [0.3, 0.4) is 0 Å². The first-order chi connectivity index (χ1) is 9.86. The SMILES string of the molecule is CC(=O)Nc1cc(Cl)cc(Nc2cc(Cl)ccc2C)c1C.